The van der Waals surface area contributed by atoms with E-state index in [9.17, 15) is 4.79 Å². The Morgan fingerprint density at radius 2 is 2.28 bits per heavy atom. The Morgan fingerprint density at radius 3 is 3.04 bits per heavy atom. The van der Waals surface area contributed by atoms with E-state index < -0.39 is 0 Å². The summed E-state index contributed by atoms with van der Waals surface area (Å²) < 4.78 is 1.80. The van der Waals surface area contributed by atoms with Crippen LogP contribution in [-0.4, -0.2) is 31.1 Å². The Balaban J connectivity index is 1.49. The highest BCUT2D eigenvalue weighted by atomic mass is 35.5. The zero-order valence-corrected chi connectivity index (χ0v) is 15.0. The van der Waals surface area contributed by atoms with Crippen LogP contribution in [-0.2, 0) is 0 Å². The molecule has 0 bridgehead atoms. The minimum Gasteiger partial charge on any atom is -0.341 e. The number of nitrogens with zero attached hydrogens (tertiary/aromatic N) is 5. The van der Waals surface area contributed by atoms with Gasteiger partial charge < -0.3 is 5.32 Å². The first-order chi connectivity index (χ1) is 12.1. The Hall–Kier alpha value is -2.32. The molecule has 0 saturated heterocycles. The minimum atomic E-state index is -0.292. The molecular weight excluding hydrogens is 360 g/mol. The highest BCUT2D eigenvalue weighted by Gasteiger charge is 2.30. The Labute approximate surface area is 153 Å². The molecule has 1 amide bonds. The van der Waals surface area contributed by atoms with E-state index in [4.69, 9.17) is 11.6 Å². The summed E-state index contributed by atoms with van der Waals surface area (Å²) in [5.41, 5.74) is 1.26. The lowest BCUT2D eigenvalue weighted by atomic mass is 10.2. The van der Waals surface area contributed by atoms with Gasteiger partial charge in [-0.1, -0.05) is 23.7 Å². The van der Waals surface area contributed by atoms with Crippen LogP contribution >= 0.6 is 22.9 Å². The molecule has 25 heavy (non-hydrogen) atoms. The van der Waals surface area contributed by atoms with Gasteiger partial charge in [-0.25, -0.2) is 9.67 Å². The van der Waals surface area contributed by atoms with Gasteiger partial charge in [-0.2, -0.15) is 0 Å². The van der Waals surface area contributed by atoms with Crippen LogP contribution in [0.4, 0.5) is 0 Å². The molecule has 128 valence electrons. The molecule has 1 N–H and O–H groups in total. The lowest BCUT2D eigenvalue weighted by Crippen LogP contribution is -2.29. The maximum absolute atomic E-state index is 12.5. The van der Waals surface area contributed by atoms with E-state index in [1.165, 1.54) is 11.3 Å². The summed E-state index contributed by atoms with van der Waals surface area (Å²) in [4.78, 5) is 16.9. The smallest absolute Gasteiger partial charge is 0.271 e. The second kappa shape index (κ2) is 6.53. The molecule has 1 aliphatic carbocycles. The maximum atomic E-state index is 12.5. The number of halogens is 1. The first-order valence-electron chi connectivity index (χ1n) is 7.92. The van der Waals surface area contributed by atoms with Gasteiger partial charge in [0.05, 0.1) is 12.1 Å². The van der Waals surface area contributed by atoms with Crippen molar-refractivity contribution < 1.29 is 4.79 Å². The van der Waals surface area contributed by atoms with Crippen LogP contribution < -0.4 is 5.32 Å². The van der Waals surface area contributed by atoms with E-state index >= 15 is 0 Å². The third kappa shape index (κ3) is 3.40. The van der Waals surface area contributed by atoms with Crippen LogP contribution in [0.2, 0.25) is 5.02 Å². The van der Waals surface area contributed by atoms with Gasteiger partial charge in [0.25, 0.3) is 5.91 Å². The van der Waals surface area contributed by atoms with Gasteiger partial charge in [0, 0.05) is 16.0 Å². The number of hydrogen-bond donors (Lipinski definition) is 1. The Kier molecular flexibility index (Phi) is 4.22. The Morgan fingerprint density at radius 1 is 1.44 bits per heavy atom. The lowest BCUT2D eigenvalue weighted by molar-refractivity contribution is 0.0933. The number of benzene rings is 1. The van der Waals surface area contributed by atoms with E-state index in [1.807, 2.05) is 25.1 Å². The molecule has 0 radical (unpaired) electrons. The molecule has 7 nitrogen and oxygen atoms in total. The Bertz CT molecular complexity index is 919. The van der Waals surface area contributed by atoms with Gasteiger partial charge in [-0.05, 0) is 42.3 Å². The normalized spacial score (nSPS) is 15.1. The fourth-order valence-electron chi connectivity index (χ4n) is 2.53. The molecule has 1 aliphatic rings. The molecule has 1 atom stereocenters. The number of rotatable bonds is 5. The van der Waals surface area contributed by atoms with Crippen LogP contribution in [0.25, 0.3) is 10.6 Å². The second-order valence-electron chi connectivity index (χ2n) is 5.96. The number of carbonyl (C=O) groups excluding carboxylic acids is 1. The molecular formula is C16H15ClN6OS. The molecule has 1 unspecified atom stereocenters. The molecule has 0 aliphatic heterocycles. The number of amides is 1. The standard InChI is InChI=1S/C16H15ClN6OS/c1-9(14-20-21-22-23(14)12-5-6-12)18-15(24)13-8-25-16(19-13)10-3-2-4-11(17)7-10/h2-4,7-9,12H,5-6H2,1H3,(H,18,24). The van der Waals surface area contributed by atoms with Crippen molar-refractivity contribution in [3.8, 4) is 10.6 Å². The van der Waals surface area contributed by atoms with Crippen LogP contribution in [0.1, 0.15) is 48.2 Å². The molecule has 9 heteroatoms. The lowest BCUT2D eigenvalue weighted by Gasteiger charge is -2.12. The van der Waals surface area contributed by atoms with Gasteiger partial charge in [-0.3, -0.25) is 4.79 Å². The summed E-state index contributed by atoms with van der Waals surface area (Å²) in [6.07, 6.45) is 2.15. The largest absolute Gasteiger partial charge is 0.341 e. The average Bonchev–Trinajstić information content (AvgIpc) is 3.13. The van der Waals surface area contributed by atoms with Gasteiger partial charge in [0.1, 0.15) is 10.7 Å². The molecule has 1 saturated carbocycles. The first-order valence-corrected chi connectivity index (χ1v) is 9.17. The first kappa shape index (κ1) is 16.2. The van der Waals surface area contributed by atoms with Crippen LogP contribution in [0.5, 0.6) is 0 Å². The SMILES string of the molecule is CC(NC(=O)c1csc(-c2cccc(Cl)c2)n1)c1nnnn1C1CC1. The molecule has 1 aromatic carbocycles. The van der Waals surface area contributed by atoms with E-state index in [-0.39, 0.29) is 11.9 Å². The summed E-state index contributed by atoms with van der Waals surface area (Å²) in [5, 5.41) is 17.8. The average molecular weight is 375 g/mol. The topological polar surface area (TPSA) is 85.6 Å². The summed E-state index contributed by atoms with van der Waals surface area (Å²) in [6.45, 7) is 1.87. The molecule has 0 spiro atoms. The fourth-order valence-corrected chi connectivity index (χ4v) is 3.52. The minimum absolute atomic E-state index is 0.248. The van der Waals surface area contributed by atoms with Crippen molar-refractivity contribution >= 4 is 28.8 Å². The van der Waals surface area contributed by atoms with Crippen molar-refractivity contribution in [2.45, 2.75) is 31.8 Å². The number of carbonyl (C=O) groups is 1. The molecule has 2 heterocycles. The number of nitrogens with one attached hydrogen (secondary N) is 1. The summed E-state index contributed by atoms with van der Waals surface area (Å²) in [5.74, 6) is 0.420. The van der Waals surface area contributed by atoms with Crippen molar-refractivity contribution in [1.82, 2.24) is 30.5 Å². The van der Waals surface area contributed by atoms with Gasteiger partial charge in [0.15, 0.2) is 5.82 Å². The summed E-state index contributed by atoms with van der Waals surface area (Å²) in [6, 6.07) is 7.47. The van der Waals surface area contributed by atoms with Crippen molar-refractivity contribution in [2.24, 2.45) is 0 Å². The van der Waals surface area contributed by atoms with E-state index in [0.29, 0.717) is 22.6 Å². The number of thiazole rings is 1. The predicted molar refractivity (Wildman–Crippen MR) is 94.5 cm³/mol. The molecule has 3 aromatic rings. The quantitative estimate of drug-likeness (QED) is 0.740. The molecule has 1 fully saturated rings. The van der Waals surface area contributed by atoms with E-state index in [1.54, 1.807) is 16.1 Å². The fraction of sp³-hybridized carbons (Fsp3) is 0.312. The van der Waals surface area contributed by atoms with Gasteiger partial charge in [-0.15, -0.1) is 16.4 Å². The number of aromatic nitrogens is 5. The number of tetrazole rings is 1. The summed E-state index contributed by atoms with van der Waals surface area (Å²) in [7, 11) is 0. The third-order valence-electron chi connectivity index (χ3n) is 3.95. The number of hydrogen-bond acceptors (Lipinski definition) is 6. The molecule has 2 aromatic heterocycles. The maximum Gasteiger partial charge on any atom is 0.271 e. The van der Waals surface area contributed by atoms with Crippen molar-refractivity contribution in [3.63, 3.8) is 0 Å². The van der Waals surface area contributed by atoms with E-state index in [0.717, 1.165) is 23.4 Å². The van der Waals surface area contributed by atoms with E-state index in [2.05, 4.69) is 25.8 Å². The summed E-state index contributed by atoms with van der Waals surface area (Å²) >= 11 is 7.42. The van der Waals surface area contributed by atoms with Gasteiger partial charge >= 0.3 is 0 Å². The molecule has 4 rings (SSSR count). The van der Waals surface area contributed by atoms with Crippen LogP contribution in [0, 0.1) is 0 Å². The third-order valence-corrected chi connectivity index (χ3v) is 5.08. The predicted octanol–water partition coefficient (Wildman–Crippen LogP) is 3.28. The highest BCUT2D eigenvalue weighted by Crippen LogP contribution is 2.35. The zero-order valence-electron chi connectivity index (χ0n) is 13.4. The van der Waals surface area contributed by atoms with Crippen molar-refractivity contribution in [2.75, 3.05) is 0 Å². The van der Waals surface area contributed by atoms with Crippen LogP contribution in [0.15, 0.2) is 29.6 Å². The van der Waals surface area contributed by atoms with Crippen molar-refractivity contribution in [1.29, 1.82) is 0 Å². The van der Waals surface area contributed by atoms with Crippen LogP contribution in [0.3, 0.4) is 0 Å². The second-order valence-corrected chi connectivity index (χ2v) is 7.25. The van der Waals surface area contributed by atoms with Gasteiger partial charge in [0.2, 0.25) is 0 Å². The zero-order chi connectivity index (χ0) is 17.4. The highest BCUT2D eigenvalue weighted by molar-refractivity contribution is 7.13. The monoisotopic (exact) mass is 374 g/mol. The van der Waals surface area contributed by atoms with Crippen molar-refractivity contribution in [3.05, 3.63) is 46.2 Å².